The van der Waals surface area contributed by atoms with Crippen LogP contribution in [0, 0.1) is 30.6 Å². The number of halogens is 8. The van der Waals surface area contributed by atoms with Gasteiger partial charge in [-0.25, -0.2) is 4.90 Å². The third-order valence-corrected chi connectivity index (χ3v) is 14.1. The number of hydrogen-bond donors (Lipinski definition) is 2. The molecule has 2 heterocycles. The molecule has 8 rings (SSSR count). The third-order valence-electron chi connectivity index (χ3n) is 11.9. The van der Waals surface area contributed by atoms with E-state index in [1.54, 1.807) is 60.7 Å². The lowest BCUT2D eigenvalue weighted by Gasteiger charge is -2.51. The number of hydrazine groups is 1. The average molecular weight is 948 g/mol. The molecule has 4 amide bonds. The molecule has 59 heavy (non-hydrogen) atoms. The minimum atomic E-state index is -5.25. The fourth-order valence-electron chi connectivity index (χ4n) is 9.39. The van der Waals surface area contributed by atoms with E-state index in [0.29, 0.717) is 39.4 Å². The number of aromatic hydroxyl groups is 1. The Kier molecular flexibility index (Phi) is 9.81. The number of carbonyl (C=O) groups is 4. The summed E-state index contributed by atoms with van der Waals surface area (Å²) in [4.78, 5) is 59.5. The highest BCUT2D eigenvalue weighted by molar-refractivity contribution is 9.13. The predicted octanol–water partition coefficient (Wildman–Crippen LogP) is 9.46. The van der Waals surface area contributed by atoms with Gasteiger partial charge in [0.1, 0.15) is 0 Å². The third kappa shape index (κ3) is 6.25. The first-order valence-corrected chi connectivity index (χ1v) is 19.8. The van der Waals surface area contributed by atoms with Crippen molar-refractivity contribution in [1.29, 1.82) is 0 Å². The molecular weight excluding hydrogens is 916 g/mol. The first kappa shape index (κ1) is 40.6. The van der Waals surface area contributed by atoms with E-state index < -0.39 is 87.8 Å². The second-order valence-corrected chi connectivity index (χ2v) is 16.6. The van der Waals surface area contributed by atoms with E-state index in [1.807, 2.05) is 6.92 Å². The topological polar surface area (TPSA) is 116 Å². The Morgan fingerprint density at radius 2 is 1.44 bits per heavy atom. The molecule has 306 valence electrons. The lowest BCUT2D eigenvalue weighted by atomic mass is 9.49. The van der Waals surface area contributed by atoms with E-state index in [0.717, 1.165) is 10.6 Å². The molecule has 2 aliphatic carbocycles. The number of benzene rings is 4. The summed E-state index contributed by atoms with van der Waals surface area (Å²) in [6.07, 6.45) is -9.20. The molecule has 1 saturated carbocycles. The molecule has 4 aromatic rings. The fourth-order valence-corrected chi connectivity index (χ4v) is 10.3. The van der Waals surface area contributed by atoms with Crippen LogP contribution in [0.3, 0.4) is 0 Å². The summed E-state index contributed by atoms with van der Waals surface area (Å²) in [6, 6.07) is 17.6. The number of alkyl halides is 6. The minimum Gasteiger partial charge on any atom is -0.503 e. The van der Waals surface area contributed by atoms with Gasteiger partial charge in [0.2, 0.25) is 11.8 Å². The molecule has 3 fully saturated rings. The molecule has 0 radical (unpaired) electrons. The molecule has 6 atom stereocenters. The quantitative estimate of drug-likeness (QED) is 0.112. The van der Waals surface area contributed by atoms with Crippen LogP contribution >= 0.6 is 31.9 Å². The van der Waals surface area contributed by atoms with Crippen LogP contribution in [0.15, 0.2) is 99.5 Å². The van der Waals surface area contributed by atoms with Crippen molar-refractivity contribution in [2.75, 3.05) is 17.4 Å². The van der Waals surface area contributed by atoms with Crippen molar-refractivity contribution in [2.24, 2.45) is 23.7 Å². The molecular formula is C42H31Br2F6N3O6. The number of fused-ring (bicyclic) bond motifs is 4. The van der Waals surface area contributed by atoms with Crippen LogP contribution < -0.4 is 15.1 Å². The summed E-state index contributed by atoms with van der Waals surface area (Å²) < 4.78 is 89.7. The number of hydrogen-bond acceptors (Lipinski definition) is 7. The second-order valence-electron chi connectivity index (χ2n) is 15.0. The second kappa shape index (κ2) is 14.2. The molecule has 0 unspecified atom stereocenters. The summed E-state index contributed by atoms with van der Waals surface area (Å²) in [6.45, 7) is 1.86. The number of carbonyl (C=O) groups excluding carboxylic acids is 4. The number of nitrogens with zero attached hydrogens (tertiary/aromatic N) is 2. The predicted molar refractivity (Wildman–Crippen MR) is 208 cm³/mol. The molecule has 2 saturated heterocycles. The number of aryl methyl sites for hydroxylation is 1. The molecule has 9 nitrogen and oxygen atoms in total. The normalized spacial score (nSPS) is 25.5. The fraction of sp³-hybridized carbons (Fsp3) is 0.286. The van der Waals surface area contributed by atoms with E-state index in [1.165, 1.54) is 13.2 Å². The maximum absolute atomic E-state index is 15.4. The maximum atomic E-state index is 15.4. The zero-order valence-corrected chi connectivity index (χ0v) is 34.0. The Morgan fingerprint density at radius 1 is 0.814 bits per heavy atom. The molecule has 17 heteroatoms. The molecule has 0 bridgehead atoms. The molecule has 2 aliphatic heterocycles. The van der Waals surface area contributed by atoms with E-state index in [9.17, 15) is 45.8 Å². The first-order chi connectivity index (χ1) is 27.8. The van der Waals surface area contributed by atoms with Crippen LogP contribution in [0.5, 0.6) is 11.5 Å². The highest BCUT2D eigenvalue weighted by atomic mass is 79.9. The summed E-state index contributed by atoms with van der Waals surface area (Å²) in [5.41, 5.74) is -0.531. The van der Waals surface area contributed by atoms with Gasteiger partial charge in [-0.1, -0.05) is 59.7 Å². The highest BCUT2D eigenvalue weighted by Gasteiger charge is 2.70. The number of allylic oxidation sites excluding steroid dienone is 2. The van der Waals surface area contributed by atoms with Crippen LogP contribution in [0.4, 0.5) is 37.7 Å². The zero-order chi connectivity index (χ0) is 42.5. The van der Waals surface area contributed by atoms with Gasteiger partial charge in [-0.05, 0) is 105 Å². The Morgan fingerprint density at radius 3 is 2.03 bits per heavy atom. The van der Waals surface area contributed by atoms with Crippen LogP contribution in [0.1, 0.15) is 46.6 Å². The maximum Gasteiger partial charge on any atom is 0.416 e. The van der Waals surface area contributed by atoms with Gasteiger partial charge in [0.15, 0.2) is 11.5 Å². The number of nitrogens with one attached hydrogen (secondary N) is 1. The van der Waals surface area contributed by atoms with Crippen LogP contribution in [-0.4, -0.2) is 40.9 Å². The van der Waals surface area contributed by atoms with Crippen molar-refractivity contribution >= 4 is 66.9 Å². The van der Waals surface area contributed by atoms with Gasteiger partial charge in [0.05, 0.1) is 57.3 Å². The minimum absolute atomic E-state index is 0.0130. The highest BCUT2D eigenvalue weighted by Crippen LogP contribution is 2.66. The number of amides is 4. The van der Waals surface area contributed by atoms with Gasteiger partial charge in [-0.15, -0.1) is 0 Å². The Hall–Kier alpha value is -5.16. The Bertz CT molecular complexity index is 2450. The Balaban J connectivity index is 1.34. The van der Waals surface area contributed by atoms with E-state index in [-0.39, 0.29) is 39.4 Å². The van der Waals surface area contributed by atoms with Gasteiger partial charge in [-0.2, -0.15) is 31.4 Å². The van der Waals surface area contributed by atoms with Crippen LogP contribution in [-0.2, 0) is 36.9 Å². The zero-order valence-electron chi connectivity index (χ0n) is 30.8. The number of rotatable bonds is 6. The van der Waals surface area contributed by atoms with Crippen LogP contribution in [0.25, 0.3) is 0 Å². The molecule has 0 spiro atoms. The van der Waals surface area contributed by atoms with Crippen molar-refractivity contribution in [3.05, 3.63) is 127 Å². The van der Waals surface area contributed by atoms with E-state index in [2.05, 4.69) is 37.3 Å². The van der Waals surface area contributed by atoms with Crippen molar-refractivity contribution in [3.63, 3.8) is 0 Å². The standard InChI is InChI=1S/C42H31Br2F6N3O6/c1-19-8-10-23(11-9-19)51-53-37(56)29-17-27-25(32(28-18-30(59-2)35(54)34(44)33(28)43)40(29,39(53)58)20-6-4-3-5-7-20)12-13-26-31(27)38(57)52(36(26)55)24-15-21(41(45,46)47)14-22(16-24)42(48,49)50/h3-12,14-16,18,26-27,29,31-32,51,54H,13,17H2,1-2H3/t26-,27+,29-,31-,32+,40+/m0/s1. The summed E-state index contributed by atoms with van der Waals surface area (Å²) in [5.74, 6) is -9.61. The number of phenols is 1. The molecule has 4 aliphatic rings. The molecule has 4 aromatic carbocycles. The van der Waals surface area contributed by atoms with E-state index in [4.69, 9.17) is 4.74 Å². The SMILES string of the molecule is COc1cc([C@H]2C3=CC[C@@H]4C(=O)N(c5cc(C(F)(F)F)cc(C(F)(F)F)c5)C(=O)[C@@H]4[C@@H]3C[C@H]3C(=O)N(Nc4ccc(C)cc4)C(=O)[C@@]23c2ccccc2)c(Br)c(Br)c1O. The Labute approximate surface area is 349 Å². The van der Waals surface area contributed by atoms with Gasteiger partial charge in [-0.3, -0.25) is 24.6 Å². The summed E-state index contributed by atoms with van der Waals surface area (Å²) in [7, 11) is 1.32. The number of phenolic OH excluding ortho intramolecular Hbond substituents is 1. The lowest BCUT2D eigenvalue weighted by Crippen LogP contribution is -2.53. The van der Waals surface area contributed by atoms with Crippen molar-refractivity contribution in [2.45, 2.75) is 43.5 Å². The van der Waals surface area contributed by atoms with Crippen molar-refractivity contribution in [1.82, 2.24) is 5.01 Å². The van der Waals surface area contributed by atoms with Gasteiger partial charge in [0.25, 0.3) is 11.8 Å². The summed E-state index contributed by atoms with van der Waals surface area (Å²) in [5, 5.41) is 11.9. The summed E-state index contributed by atoms with van der Waals surface area (Å²) >= 11 is 7.00. The van der Waals surface area contributed by atoms with Gasteiger partial charge < -0.3 is 9.84 Å². The largest absolute Gasteiger partial charge is 0.503 e. The van der Waals surface area contributed by atoms with Gasteiger partial charge in [0, 0.05) is 10.4 Å². The smallest absolute Gasteiger partial charge is 0.416 e. The number of methoxy groups -OCH3 is 1. The van der Waals surface area contributed by atoms with E-state index >= 15 is 4.79 Å². The number of imide groups is 2. The lowest BCUT2D eigenvalue weighted by molar-refractivity contribution is -0.143. The first-order valence-electron chi connectivity index (χ1n) is 18.2. The molecule has 2 N–H and O–H groups in total. The van der Waals surface area contributed by atoms with Crippen LogP contribution in [0.2, 0.25) is 0 Å². The van der Waals surface area contributed by atoms with Crippen molar-refractivity contribution < 1.29 is 55.4 Å². The monoisotopic (exact) mass is 945 g/mol. The van der Waals surface area contributed by atoms with Crippen molar-refractivity contribution in [3.8, 4) is 11.5 Å². The average Bonchev–Trinajstić information content (AvgIpc) is 3.58. The number of anilines is 2. The van der Waals surface area contributed by atoms with Gasteiger partial charge >= 0.3 is 12.4 Å². The number of ether oxygens (including phenoxy) is 1. The molecule has 0 aromatic heterocycles.